The summed E-state index contributed by atoms with van der Waals surface area (Å²) in [5.74, 6) is -1.06. The molecule has 20 heavy (non-hydrogen) atoms. The van der Waals surface area contributed by atoms with Gasteiger partial charge in [0, 0.05) is 37.2 Å². The van der Waals surface area contributed by atoms with Crippen molar-refractivity contribution in [3.63, 3.8) is 0 Å². The minimum atomic E-state index is -0.725. The van der Waals surface area contributed by atoms with Gasteiger partial charge in [0.25, 0.3) is 5.91 Å². The molecule has 1 saturated heterocycles. The van der Waals surface area contributed by atoms with Gasteiger partial charge in [0.1, 0.15) is 0 Å². The van der Waals surface area contributed by atoms with Gasteiger partial charge in [-0.15, -0.1) is 0 Å². The third-order valence-electron chi connectivity index (χ3n) is 3.26. The van der Waals surface area contributed by atoms with Gasteiger partial charge in [-0.05, 0) is 12.1 Å². The molecule has 0 aromatic heterocycles. The molecule has 8 nitrogen and oxygen atoms in total. The zero-order valence-electron chi connectivity index (χ0n) is 10.6. The highest BCUT2D eigenvalue weighted by Gasteiger charge is 2.25. The number of carbonyl (C=O) groups is 1. The Balaban J connectivity index is 1.99. The number of benzene rings is 1. The maximum atomic E-state index is 11.8. The van der Waals surface area contributed by atoms with Crippen molar-refractivity contribution in [3.8, 4) is 5.75 Å². The lowest BCUT2D eigenvalue weighted by molar-refractivity contribution is -0.385. The van der Waals surface area contributed by atoms with Crippen LogP contribution < -0.4 is 10.6 Å². The van der Waals surface area contributed by atoms with E-state index in [2.05, 4.69) is 10.6 Å². The number of aromatic hydroxyl groups is 1. The summed E-state index contributed by atoms with van der Waals surface area (Å²) >= 11 is 0. The number of nitrogens with zero attached hydrogens (tertiary/aromatic N) is 1. The van der Waals surface area contributed by atoms with E-state index >= 15 is 0 Å². The molecule has 1 aliphatic heterocycles. The summed E-state index contributed by atoms with van der Waals surface area (Å²) in [5, 5.41) is 35.2. The Labute approximate surface area is 114 Å². The van der Waals surface area contributed by atoms with Crippen molar-refractivity contribution >= 4 is 11.6 Å². The van der Waals surface area contributed by atoms with Crippen LogP contribution in [0.5, 0.6) is 5.75 Å². The van der Waals surface area contributed by atoms with Crippen LogP contribution in [0.2, 0.25) is 0 Å². The van der Waals surface area contributed by atoms with Crippen LogP contribution in [-0.2, 0) is 0 Å². The van der Waals surface area contributed by atoms with Crippen molar-refractivity contribution in [1.29, 1.82) is 0 Å². The Bertz CT molecular complexity index is 534. The second-order valence-corrected chi connectivity index (χ2v) is 4.66. The SMILES string of the molecule is O=C(NCC1CNCC1O)c1ccc([N+](=O)[O-])c(O)c1. The van der Waals surface area contributed by atoms with Crippen molar-refractivity contribution in [2.45, 2.75) is 6.10 Å². The molecular formula is C12H15N3O5. The number of hydrogen-bond acceptors (Lipinski definition) is 6. The summed E-state index contributed by atoms with van der Waals surface area (Å²) in [6, 6.07) is 3.41. The Morgan fingerprint density at radius 3 is 2.80 bits per heavy atom. The molecule has 2 rings (SSSR count). The number of nitro groups is 1. The maximum absolute atomic E-state index is 11.8. The lowest BCUT2D eigenvalue weighted by atomic mass is 10.1. The smallest absolute Gasteiger partial charge is 0.310 e. The quantitative estimate of drug-likeness (QED) is 0.440. The van der Waals surface area contributed by atoms with E-state index < -0.39 is 28.4 Å². The summed E-state index contributed by atoms with van der Waals surface area (Å²) in [6.07, 6.45) is -0.499. The minimum absolute atomic E-state index is 0.0643. The van der Waals surface area contributed by atoms with E-state index in [9.17, 15) is 25.1 Å². The molecule has 1 aromatic carbocycles. The molecule has 0 saturated carbocycles. The first-order chi connectivity index (χ1) is 9.49. The van der Waals surface area contributed by atoms with E-state index in [1.54, 1.807) is 0 Å². The number of β-amino-alcohol motifs (C(OH)–C–C–N with tert-alkyl or cyclic N) is 1. The van der Waals surface area contributed by atoms with Crippen LogP contribution in [0.25, 0.3) is 0 Å². The number of carbonyl (C=O) groups excluding carboxylic acids is 1. The Morgan fingerprint density at radius 1 is 1.50 bits per heavy atom. The maximum Gasteiger partial charge on any atom is 0.310 e. The molecule has 1 heterocycles. The van der Waals surface area contributed by atoms with Crippen molar-refractivity contribution in [2.24, 2.45) is 5.92 Å². The van der Waals surface area contributed by atoms with Gasteiger partial charge in [-0.2, -0.15) is 0 Å². The molecule has 1 amide bonds. The van der Waals surface area contributed by atoms with E-state index in [0.29, 0.717) is 19.6 Å². The van der Waals surface area contributed by atoms with Crippen LogP contribution >= 0.6 is 0 Å². The molecule has 2 unspecified atom stereocenters. The average molecular weight is 281 g/mol. The lowest BCUT2D eigenvalue weighted by Gasteiger charge is -2.14. The van der Waals surface area contributed by atoms with Crippen LogP contribution in [0, 0.1) is 16.0 Å². The predicted octanol–water partition coefficient (Wildman–Crippen LogP) is -0.389. The monoisotopic (exact) mass is 281 g/mol. The van der Waals surface area contributed by atoms with E-state index in [1.807, 2.05) is 0 Å². The van der Waals surface area contributed by atoms with Crippen LogP contribution in [0.4, 0.5) is 5.69 Å². The van der Waals surface area contributed by atoms with Crippen LogP contribution in [-0.4, -0.2) is 46.8 Å². The molecule has 0 bridgehead atoms. The van der Waals surface area contributed by atoms with Crippen molar-refractivity contribution in [2.75, 3.05) is 19.6 Å². The van der Waals surface area contributed by atoms with Gasteiger partial charge in [0.05, 0.1) is 11.0 Å². The van der Waals surface area contributed by atoms with Crippen molar-refractivity contribution < 1.29 is 19.9 Å². The first-order valence-electron chi connectivity index (χ1n) is 6.13. The zero-order valence-corrected chi connectivity index (χ0v) is 10.6. The number of aliphatic hydroxyl groups excluding tert-OH is 1. The first-order valence-corrected chi connectivity index (χ1v) is 6.13. The first kappa shape index (κ1) is 14.2. The summed E-state index contributed by atoms with van der Waals surface area (Å²) in [5.41, 5.74) is -0.314. The van der Waals surface area contributed by atoms with Gasteiger partial charge < -0.3 is 20.8 Å². The van der Waals surface area contributed by atoms with E-state index in [0.717, 1.165) is 12.1 Å². The van der Waals surface area contributed by atoms with Crippen molar-refractivity contribution in [1.82, 2.24) is 10.6 Å². The largest absolute Gasteiger partial charge is 0.502 e. The molecule has 8 heteroatoms. The minimum Gasteiger partial charge on any atom is -0.502 e. The lowest BCUT2D eigenvalue weighted by Crippen LogP contribution is -2.34. The van der Waals surface area contributed by atoms with E-state index in [-0.39, 0.29) is 11.5 Å². The third-order valence-corrected chi connectivity index (χ3v) is 3.26. The topological polar surface area (TPSA) is 125 Å². The predicted molar refractivity (Wildman–Crippen MR) is 69.5 cm³/mol. The van der Waals surface area contributed by atoms with Crippen LogP contribution in [0.15, 0.2) is 18.2 Å². The normalized spacial score (nSPS) is 21.6. The number of nitrogens with one attached hydrogen (secondary N) is 2. The molecule has 1 aromatic rings. The number of phenolic OH excluding ortho intramolecular Hbond substituents is 1. The fourth-order valence-corrected chi connectivity index (χ4v) is 2.07. The number of aliphatic hydroxyl groups is 1. The number of hydrogen-bond donors (Lipinski definition) is 4. The standard InChI is InChI=1S/C12H15N3O5/c16-10-3-7(1-2-9(10)15(19)20)12(18)14-5-8-4-13-6-11(8)17/h1-3,8,11,13,16-17H,4-6H2,(H,14,18). The second kappa shape index (κ2) is 5.85. The molecule has 1 fully saturated rings. The van der Waals surface area contributed by atoms with E-state index in [4.69, 9.17) is 0 Å². The van der Waals surface area contributed by atoms with E-state index in [1.165, 1.54) is 6.07 Å². The molecule has 0 spiro atoms. The number of nitro benzene ring substituents is 1. The molecule has 1 aliphatic rings. The summed E-state index contributed by atoms with van der Waals surface area (Å²) in [6.45, 7) is 1.41. The molecule has 108 valence electrons. The van der Waals surface area contributed by atoms with Gasteiger partial charge in [-0.3, -0.25) is 14.9 Å². The van der Waals surface area contributed by atoms with Crippen LogP contribution in [0.3, 0.4) is 0 Å². The Hall–Kier alpha value is -2.19. The molecule has 0 aliphatic carbocycles. The summed E-state index contributed by atoms with van der Waals surface area (Å²) in [4.78, 5) is 21.7. The average Bonchev–Trinajstić information content (AvgIpc) is 2.81. The van der Waals surface area contributed by atoms with Gasteiger partial charge in [0.2, 0.25) is 0 Å². The summed E-state index contributed by atoms with van der Waals surface area (Å²) in [7, 11) is 0. The van der Waals surface area contributed by atoms with Gasteiger partial charge >= 0.3 is 5.69 Å². The Kier molecular flexibility index (Phi) is 4.16. The molecular weight excluding hydrogens is 266 g/mol. The molecule has 4 N–H and O–H groups in total. The number of phenols is 1. The summed E-state index contributed by atoms with van der Waals surface area (Å²) < 4.78 is 0. The highest BCUT2D eigenvalue weighted by molar-refractivity contribution is 5.95. The second-order valence-electron chi connectivity index (χ2n) is 4.66. The molecule has 2 atom stereocenters. The zero-order chi connectivity index (χ0) is 14.7. The fourth-order valence-electron chi connectivity index (χ4n) is 2.07. The third kappa shape index (κ3) is 3.03. The van der Waals surface area contributed by atoms with Gasteiger partial charge in [-0.25, -0.2) is 0 Å². The molecule has 0 radical (unpaired) electrons. The highest BCUT2D eigenvalue weighted by atomic mass is 16.6. The van der Waals surface area contributed by atoms with Gasteiger partial charge in [-0.1, -0.05) is 0 Å². The highest BCUT2D eigenvalue weighted by Crippen LogP contribution is 2.26. The van der Waals surface area contributed by atoms with Gasteiger partial charge in [0.15, 0.2) is 5.75 Å². The Morgan fingerprint density at radius 2 is 2.25 bits per heavy atom. The van der Waals surface area contributed by atoms with Crippen molar-refractivity contribution in [3.05, 3.63) is 33.9 Å². The van der Waals surface area contributed by atoms with Crippen LogP contribution in [0.1, 0.15) is 10.4 Å². The number of rotatable bonds is 4. The number of amides is 1. The fraction of sp³-hybridized carbons (Fsp3) is 0.417.